The maximum absolute atomic E-state index is 7.54. The van der Waals surface area contributed by atoms with E-state index in [1.165, 1.54) is 122 Å². The molecular weight excluding hydrogens is 1350 g/mol. The van der Waals surface area contributed by atoms with Gasteiger partial charge in [-0.3, -0.25) is 0 Å². The van der Waals surface area contributed by atoms with Gasteiger partial charge >= 0.3 is 0 Å². The van der Waals surface area contributed by atoms with E-state index < -0.39 is 0 Å². The molecular formula is C92H132N8O8+4. The average Bonchev–Trinajstić information content (AvgIpc) is 0.846. The first-order chi connectivity index (χ1) is 53.3. The smallest absolute Gasteiger partial charge is 0.244 e. The summed E-state index contributed by atoms with van der Waals surface area (Å²) in [5, 5.41) is 0. The summed E-state index contributed by atoms with van der Waals surface area (Å²) in [5.74, 6) is 6.20. The molecule has 16 nitrogen and oxygen atoms in total. The summed E-state index contributed by atoms with van der Waals surface area (Å²) in [6.45, 7) is 24.5. The van der Waals surface area contributed by atoms with Gasteiger partial charge in [0.15, 0.2) is 0 Å². The molecule has 0 fully saturated rings. The predicted octanol–water partition coefficient (Wildman–Crippen LogP) is 20.6. The van der Waals surface area contributed by atoms with Crippen LogP contribution in [0.3, 0.4) is 0 Å². The van der Waals surface area contributed by atoms with Crippen molar-refractivity contribution in [2.75, 3.05) is 27.2 Å². The lowest BCUT2D eigenvalue weighted by Crippen LogP contribution is -2.35. The van der Waals surface area contributed by atoms with Crippen LogP contribution in [0.15, 0.2) is 99.1 Å². The summed E-state index contributed by atoms with van der Waals surface area (Å²) in [5.41, 5.74) is 13.7. The third kappa shape index (κ3) is 18.4. The van der Waals surface area contributed by atoms with Gasteiger partial charge in [0, 0.05) is 68.2 Å². The second kappa shape index (κ2) is 39.2. The quantitative estimate of drug-likeness (QED) is 0.0274. The van der Waals surface area contributed by atoms with Gasteiger partial charge in [-0.05, 0) is 101 Å². The van der Waals surface area contributed by atoms with Gasteiger partial charge in [-0.2, -0.15) is 0 Å². The molecule has 4 aromatic heterocycles. The van der Waals surface area contributed by atoms with E-state index in [1.54, 1.807) is 0 Å². The Hall–Kier alpha value is -7.88. The monoisotopic (exact) mass is 1480 g/mol. The zero-order valence-electron chi connectivity index (χ0n) is 67.5. The summed E-state index contributed by atoms with van der Waals surface area (Å²) in [6.07, 6.45) is 62.8. The van der Waals surface area contributed by atoms with Crippen molar-refractivity contribution in [3.63, 3.8) is 0 Å². The number of imidazole rings is 4. The number of hydrogen-bond acceptors (Lipinski definition) is 8. The van der Waals surface area contributed by atoms with Gasteiger partial charge < -0.3 is 37.9 Å². The molecule has 4 aromatic carbocycles. The number of nitrogens with zero attached hydrogens (tertiary/aromatic N) is 8. The van der Waals surface area contributed by atoms with Crippen LogP contribution < -0.4 is 56.2 Å². The Morgan fingerprint density at radius 3 is 0.620 bits per heavy atom. The minimum Gasteiger partial charge on any atom is -0.457 e. The lowest BCUT2D eigenvalue weighted by atomic mass is 9.74. The molecule has 108 heavy (non-hydrogen) atoms. The number of rotatable bonds is 44. The first kappa shape index (κ1) is 78.2. The molecule has 5 aliphatic rings. The zero-order chi connectivity index (χ0) is 74.6. The molecule has 4 aliphatic heterocycles. The van der Waals surface area contributed by atoms with E-state index >= 15 is 0 Å². The molecule has 0 amide bonds. The van der Waals surface area contributed by atoms with E-state index in [1.807, 2.05) is 0 Å². The summed E-state index contributed by atoms with van der Waals surface area (Å²) in [6, 6.07) is 10.3. The van der Waals surface area contributed by atoms with Gasteiger partial charge in [0.25, 0.3) is 0 Å². The number of benzene rings is 4. The second-order valence-electron chi connectivity index (χ2n) is 32.1. The topological polar surface area (TPSA) is 109 Å². The van der Waals surface area contributed by atoms with Crippen LogP contribution in [0.5, 0.6) is 46.0 Å². The van der Waals surface area contributed by atoms with Crippen LogP contribution in [0.25, 0.3) is 0 Å². The van der Waals surface area contributed by atoms with Gasteiger partial charge in [0.05, 0.1) is 48.4 Å². The number of unbranched alkanes of at least 4 members (excludes halogenated alkanes) is 20. The van der Waals surface area contributed by atoms with Gasteiger partial charge in [0.2, 0.25) is 52.5 Å². The summed E-state index contributed by atoms with van der Waals surface area (Å²) < 4.78 is 79.2. The lowest BCUT2D eigenvalue weighted by molar-refractivity contribution is -0.688. The summed E-state index contributed by atoms with van der Waals surface area (Å²) in [7, 11) is 0. The highest BCUT2D eigenvalue weighted by Gasteiger charge is 2.43. The summed E-state index contributed by atoms with van der Waals surface area (Å²) in [4.78, 5) is 0. The van der Waals surface area contributed by atoms with Crippen molar-refractivity contribution < 1.29 is 56.2 Å². The van der Waals surface area contributed by atoms with Crippen molar-refractivity contribution >= 4 is 0 Å². The van der Waals surface area contributed by atoms with Crippen LogP contribution in [-0.4, -0.2) is 45.4 Å². The number of aryl methyl sites for hydroxylation is 4. The highest BCUT2D eigenvalue weighted by Crippen LogP contribution is 2.59. The molecule has 0 saturated carbocycles. The van der Waals surface area contributed by atoms with Crippen molar-refractivity contribution in [2.24, 2.45) is 0 Å². The van der Waals surface area contributed by atoms with Crippen LogP contribution in [0, 0.1) is 0 Å². The molecule has 16 heteroatoms. The Morgan fingerprint density at radius 1 is 0.250 bits per heavy atom. The van der Waals surface area contributed by atoms with Crippen LogP contribution >= 0.6 is 0 Å². The van der Waals surface area contributed by atoms with Crippen molar-refractivity contribution in [3.05, 3.63) is 166 Å². The van der Waals surface area contributed by atoms with Crippen molar-refractivity contribution in [1.82, 2.24) is 18.3 Å². The molecule has 8 aromatic rings. The Balaban J connectivity index is 1.14. The van der Waals surface area contributed by atoms with Crippen molar-refractivity contribution in [2.45, 2.75) is 337 Å². The second-order valence-corrected chi connectivity index (χ2v) is 32.1. The summed E-state index contributed by atoms with van der Waals surface area (Å²) >= 11 is 0. The van der Waals surface area contributed by atoms with Crippen molar-refractivity contribution in [3.8, 4) is 46.0 Å². The fourth-order valence-electron chi connectivity index (χ4n) is 18.2. The van der Waals surface area contributed by atoms with E-state index in [2.05, 4.69) is 191 Å². The van der Waals surface area contributed by atoms with Crippen LogP contribution in [0.1, 0.15) is 351 Å². The molecule has 1 aliphatic carbocycles. The number of aromatic nitrogens is 8. The Bertz CT molecular complexity index is 3530. The van der Waals surface area contributed by atoms with Gasteiger partial charge in [0.1, 0.15) is 122 Å². The zero-order valence-corrected chi connectivity index (χ0v) is 67.5. The molecule has 0 N–H and O–H groups in total. The van der Waals surface area contributed by atoms with Gasteiger partial charge in [-0.15, -0.1) is 0 Å². The Labute approximate surface area is 647 Å². The van der Waals surface area contributed by atoms with Crippen molar-refractivity contribution in [1.29, 1.82) is 0 Å². The highest BCUT2D eigenvalue weighted by atomic mass is 16.7. The minimum atomic E-state index is -0.152. The Kier molecular flexibility index (Phi) is 28.4. The molecule has 0 radical (unpaired) electrons. The van der Waals surface area contributed by atoms with Crippen LogP contribution in [0.2, 0.25) is 0 Å². The first-order valence-corrected chi connectivity index (χ1v) is 43.3. The predicted molar refractivity (Wildman–Crippen MR) is 426 cm³/mol. The Morgan fingerprint density at radius 2 is 0.435 bits per heavy atom. The fraction of sp³-hybridized carbons (Fsp3) is 0.609. The van der Waals surface area contributed by atoms with E-state index in [0.29, 0.717) is 26.2 Å². The average molecular weight is 1480 g/mol. The molecule has 8 heterocycles. The van der Waals surface area contributed by atoms with E-state index in [0.717, 1.165) is 223 Å². The molecule has 0 atom stereocenters. The van der Waals surface area contributed by atoms with E-state index in [-0.39, 0.29) is 50.8 Å². The normalized spacial score (nSPS) is 16.6. The van der Waals surface area contributed by atoms with Crippen LogP contribution in [-0.2, 0) is 52.4 Å². The fourth-order valence-corrected chi connectivity index (χ4v) is 18.2. The maximum atomic E-state index is 7.54. The molecule has 584 valence electrons. The van der Waals surface area contributed by atoms with Gasteiger partial charge in [-0.25, -0.2) is 36.5 Å². The third-order valence-electron chi connectivity index (χ3n) is 24.0. The molecule has 8 bridgehead atoms. The largest absolute Gasteiger partial charge is 0.457 e. The standard InChI is InChI=1S/C92H132N8O8/c1-9-17-25-33-41-93-45-49-97(61-93)57-81-85-73-53-74-70(38-30-22-14-6)76-55-78-72(40-32-24-16-8)80-56-79-71(39-31-23-15-7)77-54-75(69(73)37-29-21-13-5)87(103-65-101-85)82(58-98-50-46-94(62-98)42-34-26-18-10-2)89(77)105-67-107-91(79)84(60-100-52-48-96(64-100)44-36-28-20-12-4)92(80)108-68-106-90(78)83(88(76)104-66-102-86(74)81)59-99-51-47-95(63-99)43-35-27-19-11-3/h45-56,61-64,69-72H,9-44,57-60,65-68H2,1-8H3/q+4. The van der Waals surface area contributed by atoms with E-state index in [4.69, 9.17) is 37.9 Å². The minimum absolute atomic E-state index is 0.00926. The third-order valence-corrected chi connectivity index (χ3v) is 24.0. The first-order valence-electron chi connectivity index (χ1n) is 43.3. The molecule has 13 rings (SSSR count). The highest BCUT2D eigenvalue weighted by molar-refractivity contribution is 5.69. The molecule has 0 unspecified atom stereocenters. The molecule has 0 saturated heterocycles. The SMILES string of the molecule is CCCCCCn1cc[n+](Cc2c3c4cc5c2OCOc2c(cc6c(c2C[n+]2ccn(CCCCCC)c2)OCOc2c(cc7c(c2C[n+]2ccn(CCCCCC)c2)OCOc2c(cc(c(c2C[n+]2ccn(CCCCCC)c2)OCO3)C4CCCCC)C7CCCCC)C6CCCCC)C5CCCCC)c1. The number of ether oxygens (including phenoxy) is 8. The lowest BCUT2D eigenvalue weighted by Gasteiger charge is -2.37. The molecule has 0 spiro atoms. The number of hydrogen-bond donors (Lipinski definition) is 0. The van der Waals surface area contributed by atoms with Gasteiger partial charge in [-0.1, -0.05) is 184 Å². The van der Waals surface area contributed by atoms with Crippen LogP contribution in [0.4, 0.5) is 0 Å². The maximum Gasteiger partial charge on any atom is 0.244 e. The van der Waals surface area contributed by atoms with E-state index in [9.17, 15) is 0 Å².